The molecule has 1 aliphatic heterocycles. The Hall–Kier alpha value is -3.52. The maximum Gasteiger partial charge on any atom is 0.195 e. The number of hydrogen-bond donors (Lipinski definition) is 1. The lowest BCUT2D eigenvalue weighted by Gasteiger charge is -2.34. The van der Waals surface area contributed by atoms with Gasteiger partial charge in [-0.05, 0) is 29.8 Å². The highest BCUT2D eigenvalue weighted by Crippen LogP contribution is 2.30. The molecular weight excluding hydrogens is 390 g/mol. The summed E-state index contributed by atoms with van der Waals surface area (Å²) in [6, 6.07) is 18.5. The Morgan fingerprint density at radius 2 is 1.73 bits per heavy atom. The molecule has 152 valence electrons. The van der Waals surface area contributed by atoms with Gasteiger partial charge in [-0.25, -0.2) is 13.5 Å². The van der Waals surface area contributed by atoms with Gasteiger partial charge in [0.05, 0.1) is 12.3 Å². The van der Waals surface area contributed by atoms with E-state index in [1.807, 2.05) is 30.3 Å². The van der Waals surface area contributed by atoms with E-state index in [9.17, 15) is 13.9 Å². The van der Waals surface area contributed by atoms with E-state index >= 15 is 0 Å². The van der Waals surface area contributed by atoms with E-state index in [2.05, 4.69) is 27.3 Å². The van der Waals surface area contributed by atoms with Gasteiger partial charge in [0, 0.05) is 24.8 Å². The van der Waals surface area contributed by atoms with Crippen LogP contribution in [0.4, 0.5) is 14.5 Å². The van der Waals surface area contributed by atoms with Gasteiger partial charge in [0.1, 0.15) is 17.1 Å². The zero-order valence-electron chi connectivity index (χ0n) is 15.9. The number of morpholine rings is 1. The van der Waals surface area contributed by atoms with Crippen LogP contribution in [0.5, 0.6) is 5.75 Å². The Labute approximate surface area is 170 Å². The van der Waals surface area contributed by atoms with Crippen molar-refractivity contribution in [3.05, 3.63) is 77.9 Å². The number of nitrogens with zero attached hydrogens (tertiary/aromatic N) is 4. The SMILES string of the molecule is Oc1c(F)cc2nnn(-c3ccc(N4CCO[C@@H](c5ccccc5)C4)cc3)c2c1F. The third-order valence-electron chi connectivity index (χ3n) is 5.30. The molecule has 1 saturated heterocycles. The van der Waals surface area contributed by atoms with Gasteiger partial charge in [0.15, 0.2) is 17.4 Å². The molecule has 1 N–H and O–H groups in total. The number of anilines is 1. The summed E-state index contributed by atoms with van der Waals surface area (Å²) in [6.45, 7) is 2.10. The first kappa shape index (κ1) is 18.5. The monoisotopic (exact) mass is 408 g/mol. The highest BCUT2D eigenvalue weighted by atomic mass is 19.1. The van der Waals surface area contributed by atoms with Gasteiger partial charge in [-0.2, -0.15) is 0 Å². The fraction of sp³-hybridized carbons (Fsp3) is 0.182. The van der Waals surface area contributed by atoms with Gasteiger partial charge in [-0.15, -0.1) is 5.10 Å². The molecule has 8 heteroatoms. The van der Waals surface area contributed by atoms with Crippen LogP contribution in [0.15, 0.2) is 60.7 Å². The molecule has 1 aliphatic rings. The Morgan fingerprint density at radius 1 is 1.00 bits per heavy atom. The van der Waals surface area contributed by atoms with Crippen molar-refractivity contribution in [3.8, 4) is 11.4 Å². The Morgan fingerprint density at radius 3 is 2.50 bits per heavy atom. The molecule has 30 heavy (non-hydrogen) atoms. The molecule has 0 unspecified atom stereocenters. The summed E-state index contributed by atoms with van der Waals surface area (Å²) < 4.78 is 35.1. The van der Waals surface area contributed by atoms with Crippen LogP contribution in [0.3, 0.4) is 0 Å². The second-order valence-corrected chi connectivity index (χ2v) is 7.12. The van der Waals surface area contributed by atoms with Crippen molar-refractivity contribution < 1.29 is 18.6 Å². The molecule has 0 saturated carbocycles. The third-order valence-corrected chi connectivity index (χ3v) is 5.30. The average molecular weight is 408 g/mol. The molecule has 1 fully saturated rings. The molecule has 4 aromatic rings. The number of aromatic nitrogens is 3. The normalized spacial score (nSPS) is 16.9. The van der Waals surface area contributed by atoms with Crippen molar-refractivity contribution in [3.63, 3.8) is 0 Å². The van der Waals surface area contributed by atoms with Crippen molar-refractivity contribution in [2.45, 2.75) is 6.10 Å². The van der Waals surface area contributed by atoms with Crippen LogP contribution in [0.2, 0.25) is 0 Å². The fourth-order valence-corrected chi connectivity index (χ4v) is 3.74. The van der Waals surface area contributed by atoms with Gasteiger partial charge < -0.3 is 14.7 Å². The zero-order chi connectivity index (χ0) is 20.7. The standard InChI is InChI=1S/C22H18F2N4O2/c23-17-12-18-21(20(24)22(17)29)28(26-25-18)16-8-6-15(7-9-16)27-10-11-30-19(13-27)14-4-2-1-3-5-14/h1-9,12,19,29H,10-11,13H2/t19-/m1/s1. The molecule has 6 nitrogen and oxygen atoms in total. The maximum absolute atomic E-state index is 14.4. The van der Waals surface area contributed by atoms with E-state index in [1.165, 1.54) is 4.68 Å². The molecule has 3 aromatic carbocycles. The van der Waals surface area contributed by atoms with Crippen molar-refractivity contribution in [1.82, 2.24) is 15.0 Å². The lowest BCUT2D eigenvalue weighted by atomic mass is 10.1. The van der Waals surface area contributed by atoms with Crippen LogP contribution in [0.25, 0.3) is 16.7 Å². The predicted molar refractivity (Wildman–Crippen MR) is 108 cm³/mol. The number of fused-ring (bicyclic) bond motifs is 1. The summed E-state index contributed by atoms with van der Waals surface area (Å²) in [4.78, 5) is 2.23. The van der Waals surface area contributed by atoms with E-state index in [-0.39, 0.29) is 17.1 Å². The minimum Gasteiger partial charge on any atom is -0.503 e. The number of ether oxygens (including phenoxy) is 1. The number of phenols is 1. The second kappa shape index (κ2) is 7.38. The third kappa shape index (κ3) is 3.15. The minimum atomic E-state index is -1.09. The summed E-state index contributed by atoms with van der Waals surface area (Å²) in [5.41, 5.74) is 2.65. The molecular formula is C22H18F2N4O2. The number of benzene rings is 3. The molecule has 0 amide bonds. The quantitative estimate of drug-likeness (QED) is 0.556. The highest BCUT2D eigenvalue weighted by molar-refractivity contribution is 5.79. The molecule has 0 spiro atoms. The number of phenolic OH excluding ortho intramolecular Hbond substituents is 1. The first-order valence-corrected chi connectivity index (χ1v) is 9.56. The topological polar surface area (TPSA) is 63.4 Å². The van der Waals surface area contributed by atoms with Gasteiger partial charge in [0.2, 0.25) is 0 Å². The molecule has 0 radical (unpaired) electrons. The largest absolute Gasteiger partial charge is 0.503 e. The molecule has 0 aliphatic carbocycles. The summed E-state index contributed by atoms with van der Waals surface area (Å²) >= 11 is 0. The molecule has 0 bridgehead atoms. The molecule has 2 heterocycles. The van der Waals surface area contributed by atoms with E-state index < -0.39 is 17.4 Å². The molecule has 5 rings (SSSR count). The zero-order valence-corrected chi connectivity index (χ0v) is 15.9. The fourth-order valence-electron chi connectivity index (χ4n) is 3.74. The molecule has 1 atom stereocenters. The lowest BCUT2D eigenvalue weighted by molar-refractivity contribution is 0.0398. The van der Waals surface area contributed by atoms with Crippen molar-refractivity contribution in [2.24, 2.45) is 0 Å². The van der Waals surface area contributed by atoms with Crippen molar-refractivity contribution in [1.29, 1.82) is 0 Å². The van der Waals surface area contributed by atoms with Crippen LogP contribution >= 0.6 is 0 Å². The van der Waals surface area contributed by atoms with Crippen LogP contribution in [-0.2, 0) is 4.74 Å². The van der Waals surface area contributed by atoms with Gasteiger partial charge in [0.25, 0.3) is 0 Å². The smallest absolute Gasteiger partial charge is 0.195 e. The van der Waals surface area contributed by atoms with E-state index in [0.717, 1.165) is 30.4 Å². The number of rotatable bonds is 3. The Balaban J connectivity index is 1.42. The van der Waals surface area contributed by atoms with Crippen LogP contribution < -0.4 is 4.90 Å². The van der Waals surface area contributed by atoms with Gasteiger partial charge in [-0.3, -0.25) is 0 Å². The number of halogens is 2. The summed E-state index contributed by atoms with van der Waals surface area (Å²) in [5.74, 6) is -3.19. The molecule has 1 aromatic heterocycles. The number of aromatic hydroxyl groups is 1. The van der Waals surface area contributed by atoms with Crippen molar-refractivity contribution >= 4 is 16.7 Å². The lowest BCUT2D eigenvalue weighted by Crippen LogP contribution is -2.38. The van der Waals surface area contributed by atoms with Crippen LogP contribution in [0.1, 0.15) is 11.7 Å². The number of hydrogen-bond acceptors (Lipinski definition) is 5. The van der Waals surface area contributed by atoms with Crippen LogP contribution in [-0.4, -0.2) is 39.8 Å². The Bertz CT molecular complexity index is 1200. The summed E-state index contributed by atoms with van der Waals surface area (Å²) in [5, 5.41) is 17.3. The van der Waals surface area contributed by atoms with Crippen molar-refractivity contribution in [2.75, 3.05) is 24.6 Å². The first-order chi connectivity index (χ1) is 14.6. The van der Waals surface area contributed by atoms with E-state index in [1.54, 1.807) is 12.1 Å². The summed E-state index contributed by atoms with van der Waals surface area (Å²) in [6.07, 6.45) is -0.00847. The van der Waals surface area contributed by atoms with Gasteiger partial charge >= 0.3 is 0 Å². The van der Waals surface area contributed by atoms with Crippen LogP contribution in [0, 0.1) is 11.6 Å². The summed E-state index contributed by atoms with van der Waals surface area (Å²) in [7, 11) is 0. The van der Waals surface area contributed by atoms with E-state index in [4.69, 9.17) is 4.74 Å². The van der Waals surface area contributed by atoms with E-state index in [0.29, 0.717) is 12.3 Å². The van der Waals surface area contributed by atoms with Gasteiger partial charge in [-0.1, -0.05) is 35.5 Å². The highest BCUT2D eigenvalue weighted by Gasteiger charge is 2.23. The maximum atomic E-state index is 14.4. The average Bonchev–Trinajstić information content (AvgIpc) is 3.22. The Kier molecular flexibility index (Phi) is 4.55. The minimum absolute atomic E-state index is 0.00847. The predicted octanol–water partition coefficient (Wildman–Crippen LogP) is 3.98. The first-order valence-electron chi connectivity index (χ1n) is 9.56. The second-order valence-electron chi connectivity index (χ2n) is 7.12.